The summed E-state index contributed by atoms with van der Waals surface area (Å²) in [5.41, 5.74) is 1.91. The van der Waals surface area contributed by atoms with Gasteiger partial charge in [-0.25, -0.2) is 0 Å². The molecule has 0 atom stereocenters. The van der Waals surface area contributed by atoms with Crippen LogP contribution in [0.2, 0.25) is 0 Å². The molecule has 0 aliphatic carbocycles. The number of rotatable bonds is 6. The zero-order valence-electron chi connectivity index (χ0n) is 12.5. The second-order valence-corrected chi connectivity index (χ2v) is 5.24. The van der Waals surface area contributed by atoms with Crippen molar-refractivity contribution in [2.24, 2.45) is 0 Å². The van der Waals surface area contributed by atoms with E-state index < -0.39 is 0 Å². The summed E-state index contributed by atoms with van der Waals surface area (Å²) in [5.74, 6) is 0.730. The van der Waals surface area contributed by atoms with Gasteiger partial charge in [0.2, 0.25) is 0 Å². The van der Waals surface area contributed by atoms with Crippen LogP contribution in [0.3, 0.4) is 0 Å². The van der Waals surface area contributed by atoms with Crippen LogP contribution in [-0.4, -0.2) is 18.6 Å². The molecule has 3 heteroatoms. The Morgan fingerprint density at radius 1 is 1.05 bits per heavy atom. The van der Waals surface area contributed by atoms with Gasteiger partial charge in [0.25, 0.3) is 5.91 Å². The molecule has 0 aliphatic rings. The average molecular weight is 283 g/mol. The Hall–Kier alpha value is -2.29. The van der Waals surface area contributed by atoms with E-state index in [1.165, 1.54) is 5.56 Å². The quantitative estimate of drug-likeness (QED) is 0.882. The molecule has 0 bridgehead atoms. The second-order valence-electron chi connectivity index (χ2n) is 5.24. The van der Waals surface area contributed by atoms with Crippen molar-refractivity contribution in [1.82, 2.24) is 5.32 Å². The van der Waals surface area contributed by atoms with Gasteiger partial charge in [-0.3, -0.25) is 4.79 Å². The summed E-state index contributed by atoms with van der Waals surface area (Å²) >= 11 is 0. The third-order valence-electron chi connectivity index (χ3n) is 3.04. The highest BCUT2D eigenvalue weighted by atomic mass is 16.5. The van der Waals surface area contributed by atoms with Crippen molar-refractivity contribution in [3.05, 3.63) is 65.7 Å². The first-order chi connectivity index (χ1) is 10.1. The largest absolute Gasteiger partial charge is 0.493 e. The maximum Gasteiger partial charge on any atom is 0.251 e. The number of hydrogen-bond acceptors (Lipinski definition) is 2. The zero-order valence-corrected chi connectivity index (χ0v) is 12.5. The number of hydrogen-bond donors (Lipinski definition) is 1. The lowest BCUT2D eigenvalue weighted by atomic mass is 10.2. The minimum atomic E-state index is -0.0548. The Kier molecular flexibility index (Phi) is 5.38. The number of nitrogens with one attached hydrogen (secondary N) is 1. The van der Waals surface area contributed by atoms with Crippen LogP contribution in [0.1, 0.15) is 29.8 Å². The fraction of sp³-hybridized carbons (Fsp3) is 0.278. The van der Waals surface area contributed by atoms with Gasteiger partial charge in [-0.05, 0) is 43.7 Å². The summed E-state index contributed by atoms with van der Waals surface area (Å²) in [4.78, 5) is 11.8. The van der Waals surface area contributed by atoms with E-state index in [0.29, 0.717) is 12.2 Å². The molecular weight excluding hydrogens is 262 g/mol. The number of amides is 1. The van der Waals surface area contributed by atoms with E-state index in [4.69, 9.17) is 4.74 Å². The first kappa shape index (κ1) is 15.1. The van der Waals surface area contributed by atoms with Crippen LogP contribution >= 0.6 is 0 Å². The van der Waals surface area contributed by atoms with Crippen LogP contribution in [0, 0.1) is 0 Å². The molecular formula is C18H21NO2. The Morgan fingerprint density at radius 3 is 2.33 bits per heavy atom. The van der Waals surface area contributed by atoms with Gasteiger partial charge in [-0.15, -0.1) is 0 Å². The lowest BCUT2D eigenvalue weighted by Crippen LogP contribution is -2.29. The van der Waals surface area contributed by atoms with E-state index >= 15 is 0 Å². The van der Waals surface area contributed by atoms with E-state index in [1.807, 2.05) is 44.2 Å². The van der Waals surface area contributed by atoms with Crippen molar-refractivity contribution in [2.75, 3.05) is 6.61 Å². The highest BCUT2D eigenvalue weighted by Gasteiger charge is 2.06. The molecule has 1 amide bonds. The Bertz CT molecular complexity index is 562. The third-order valence-corrected chi connectivity index (χ3v) is 3.04. The number of ether oxygens (including phenoxy) is 1. The highest BCUT2D eigenvalue weighted by molar-refractivity contribution is 5.94. The molecule has 21 heavy (non-hydrogen) atoms. The zero-order chi connectivity index (χ0) is 15.1. The summed E-state index contributed by atoms with van der Waals surface area (Å²) in [5, 5.41) is 2.86. The Balaban J connectivity index is 1.84. The first-order valence-corrected chi connectivity index (χ1v) is 7.23. The predicted octanol–water partition coefficient (Wildman–Crippen LogP) is 3.45. The van der Waals surface area contributed by atoms with Gasteiger partial charge in [0.15, 0.2) is 0 Å². The van der Waals surface area contributed by atoms with Gasteiger partial charge in [0.1, 0.15) is 5.75 Å². The summed E-state index contributed by atoms with van der Waals surface area (Å²) in [6, 6.07) is 17.6. The Morgan fingerprint density at radius 2 is 1.71 bits per heavy atom. The third kappa shape index (κ3) is 4.95. The molecule has 0 saturated carbocycles. The van der Waals surface area contributed by atoms with E-state index in [9.17, 15) is 4.79 Å². The monoisotopic (exact) mass is 283 g/mol. The lowest BCUT2D eigenvalue weighted by molar-refractivity contribution is 0.0943. The molecule has 110 valence electrons. The van der Waals surface area contributed by atoms with Gasteiger partial charge in [0.05, 0.1) is 6.61 Å². The fourth-order valence-corrected chi connectivity index (χ4v) is 1.98. The normalized spacial score (nSPS) is 10.4. The molecule has 0 saturated heterocycles. The molecule has 2 aromatic rings. The van der Waals surface area contributed by atoms with Crippen molar-refractivity contribution < 1.29 is 9.53 Å². The molecule has 0 aromatic heterocycles. The maximum atomic E-state index is 11.8. The smallest absolute Gasteiger partial charge is 0.251 e. The van der Waals surface area contributed by atoms with E-state index in [-0.39, 0.29) is 11.9 Å². The van der Waals surface area contributed by atoms with E-state index in [2.05, 4.69) is 17.4 Å². The highest BCUT2D eigenvalue weighted by Crippen LogP contribution is 2.13. The molecule has 0 spiro atoms. The molecule has 2 rings (SSSR count). The molecule has 1 N–H and O–H groups in total. The van der Waals surface area contributed by atoms with Gasteiger partial charge in [0, 0.05) is 18.0 Å². The van der Waals surface area contributed by atoms with Crippen LogP contribution in [0.25, 0.3) is 0 Å². The van der Waals surface area contributed by atoms with Crippen molar-refractivity contribution in [2.45, 2.75) is 26.3 Å². The molecule has 0 unspecified atom stereocenters. The fourth-order valence-electron chi connectivity index (χ4n) is 1.98. The average Bonchev–Trinajstić information content (AvgIpc) is 2.48. The van der Waals surface area contributed by atoms with Crippen molar-refractivity contribution in [3.8, 4) is 5.75 Å². The molecule has 0 aliphatic heterocycles. The van der Waals surface area contributed by atoms with Crippen molar-refractivity contribution in [3.63, 3.8) is 0 Å². The van der Waals surface area contributed by atoms with E-state index in [0.717, 1.165) is 12.2 Å². The molecule has 0 heterocycles. The first-order valence-electron chi connectivity index (χ1n) is 7.23. The summed E-state index contributed by atoms with van der Waals surface area (Å²) in [6.45, 7) is 4.51. The summed E-state index contributed by atoms with van der Waals surface area (Å²) < 4.78 is 5.69. The second kappa shape index (κ2) is 7.48. The topological polar surface area (TPSA) is 38.3 Å². The molecule has 0 radical (unpaired) electrons. The summed E-state index contributed by atoms with van der Waals surface area (Å²) in [6.07, 6.45) is 0.871. The van der Waals surface area contributed by atoms with Crippen molar-refractivity contribution >= 4 is 5.91 Å². The molecule has 3 nitrogen and oxygen atoms in total. The van der Waals surface area contributed by atoms with Crippen LogP contribution in [0.4, 0.5) is 0 Å². The van der Waals surface area contributed by atoms with Gasteiger partial charge >= 0.3 is 0 Å². The lowest BCUT2D eigenvalue weighted by Gasteiger charge is -2.09. The molecule has 2 aromatic carbocycles. The van der Waals surface area contributed by atoms with Crippen molar-refractivity contribution in [1.29, 1.82) is 0 Å². The minimum Gasteiger partial charge on any atom is -0.493 e. The number of benzene rings is 2. The van der Waals surface area contributed by atoms with Crippen LogP contribution < -0.4 is 10.1 Å². The predicted molar refractivity (Wildman–Crippen MR) is 84.7 cm³/mol. The summed E-state index contributed by atoms with van der Waals surface area (Å²) in [7, 11) is 0. The number of carbonyl (C=O) groups is 1. The molecule has 0 fully saturated rings. The SMILES string of the molecule is CC(C)NC(=O)c1ccc(OCCc2ccccc2)cc1. The van der Waals surface area contributed by atoms with Gasteiger partial charge < -0.3 is 10.1 Å². The standard InChI is InChI=1S/C18H21NO2/c1-14(2)19-18(20)16-8-10-17(11-9-16)21-13-12-15-6-4-3-5-7-15/h3-11,14H,12-13H2,1-2H3,(H,19,20). The van der Waals surface area contributed by atoms with Gasteiger partial charge in [-0.2, -0.15) is 0 Å². The maximum absolute atomic E-state index is 11.8. The van der Waals surface area contributed by atoms with Crippen LogP contribution in [0.5, 0.6) is 5.75 Å². The van der Waals surface area contributed by atoms with Crippen LogP contribution in [-0.2, 0) is 6.42 Å². The number of carbonyl (C=O) groups excluding carboxylic acids is 1. The minimum absolute atomic E-state index is 0.0548. The van der Waals surface area contributed by atoms with Gasteiger partial charge in [-0.1, -0.05) is 30.3 Å². The Labute approximate surface area is 126 Å². The van der Waals surface area contributed by atoms with Crippen LogP contribution in [0.15, 0.2) is 54.6 Å². The van der Waals surface area contributed by atoms with E-state index in [1.54, 1.807) is 12.1 Å².